The summed E-state index contributed by atoms with van der Waals surface area (Å²) >= 11 is 7.65. The molecular weight excluding hydrogens is 473 g/mol. The zero-order valence-corrected chi connectivity index (χ0v) is 18.6. The van der Waals surface area contributed by atoms with Crippen LogP contribution in [0.3, 0.4) is 0 Å². The zero-order valence-electron chi connectivity index (χ0n) is 14.7. The monoisotopic (exact) mass is 499 g/mol. The van der Waals surface area contributed by atoms with Crippen molar-refractivity contribution in [2.24, 2.45) is 4.99 Å². The van der Waals surface area contributed by atoms with Crippen molar-refractivity contribution >= 4 is 53.3 Å². The van der Waals surface area contributed by atoms with Crippen molar-refractivity contribution in [3.63, 3.8) is 0 Å². The number of hydrogen-bond acceptors (Lipinski definition) is 4. The summed E-state index contributed by atoms with van der Waals surface area (Å²) in [7, 11) is 1.97. The molecule has 25 heavy (non-hydrogen) atoms. The van der Waals surface area contributed by atoms with Crippen molar-refractivity contribution in [2.45, 2.75) is 18.9 Å². The first-order valence-electron chi connectivity index (χ1n) is 8.20. The fraction of sp³-hybridized carbons (Fsp3) is 0.588. The number of nitrogens with one attached hydrogen (secondary N) is 1. The topological polar surface area (TPSA) is 57.1 Å². The normalized spacial score (nSPS) is 20.1. The molecule has 1 heterocycles. The summed E-state index contributed by atoms with van der Waals surface area (Å²) in [6, 6.07) is 7.34. The first-order valence-corrected chi connectivity index (χ1v) is 9.73. The summed E-state index contributed by atoms with van der Waals surface area (Å²) in [5, 5.41) is 14.4. The van der Waals surface area contributed by atoms with Gasteiger partial charge in [0.2, 0.25) is 0 Å². The van der Waals surface area contributed by atoms with E-state index in [1.165, 1.54) is 0 Å². The summed E-state index contributed by atoms with van der Waals surface area (Å²) in [5.41, 5.74) is -0.661. The molecule has 1 aliphatic heterocycles. The number of rotatable bonds is 7. The van der Waals surface area contributed by atoms with Crippen LogP contribution < -0.4 is 10.1 Å². The van der Waals surface area contributed by atoms with E-state index in [9.17, 15) is 5.11 Å². The van der Waals surface area contributed by atoms with Crippen molar-refractivity contribution in [2.75, 3.05) is 44.8 Å². The maximum absolute atomic E-state index is 10.4. The Morgan fingerprint density at radius 3 is 2.76 bits per heavy atom. The third kappa shape index (κ3) is 7.80. The number of hydrogen-bond donors (Lipinski definition) is 2. The Kier molecular flexibility index (Phi) is 10.3. The van der Waals surface area contributed by atoms with Crippen molar-refractivity contribution in [3.05, 3.63) is 29.3 Å². The Hall–Kier alpha value is -0.380. The molecule has 8 heteroatoms. The lowest BCUT2D eigenvalue weighted by molar-refractivity contribution is 0.0776. The van der Waals surface area contributed by atoms with Crippen molar-refractivity contribution in [3.8, 4) is 5.75 Å². The minimum atomic E-state index is -0.661. The largest absolute Gasteiger partial charge is 0.492 e. The predicted molar refractivity (Wildman–Crippen MR) is 118 cm³/mol. The number of halogens is 2. The number of benzene rings is 1. The van der Waals surface area contributed by atoms with E-state index in [4.69, 9.17) is 16.3 Å². The molecule has 142 valence electrons. The second-order valence-corrected chi connectivity index (χ2v) is 7.46. The van der Waals surface area contributed by atoms with Gasteiger partial charge in [-0.15, -0.1) is 24.0 Å². The van der Waals surface area contributed by atoms with Gasteiger partial charge in [-0.1, -0.05) is 11.6 Å². The van der Waals surface area contributed by atoms with Crippen LogP contribution in [0.25, 0.3) is 0 Å². The van der Waals surface area contributed by atoms with Gasteiger partial charge in [0.1, 0.15) is 12.4 Å². The maximum atomic E-state index is 10.4. The fourth-order valence-corrected chi connectivity index (χ4v) is 3.76. The number of guanidine groups is 1. The van der Waals surface area contributed by atoms with Crippen LogP contribution in [0, 0.1) is 0 Å². The Balaban J connectivity index is 0.00000312. The molecular formula is C17H27ClIN3O2S. The molecule has 1 atom stereocenters. The molecule has 1 aromatic carbocycles. The molecule has 0 radical (unpaired) electrons. The van der Waals surface area contributed by atoms with Gasteiger partial charge in [-0.2, -0.15) is 11.8 Å². The molecule has 1 unspecified atom stereocenters. The van der Waals surface area contributed by atoms with E-state index in [-0.39, 0.29) is 24.0 Å². The fourth-order valence-electron chi connectivity index (χ4n) is 2.35. The number of thioether (sulfide) groups is 1. The van der Waals surface area contributed by atoms with Crippen LogP contribution in [0.4, 0.5) is 0 Å². The molecule has 0 bridgehead atoms. The van der Waals surface area contributed by atoms with Crippen LogP contribution in [0.5, 0.6) is 5.75 Å². The standard InChI is InChI=1S/C17H26ClN3O2S.HI/c1-3-19-16(20-12-17(22)8-11-24-13-17)21(2)9-10-23-15-6-4-14(18)5-7-15;/h4-7,22H,3,8-13H2,1-2H3,(H,19,20);1H. The number of likely N-dealkylation sites (N-methyl/N-ethyl adjacent to an activating group) is 1. The summed E-state index contributed by atoms with van der Waals surface area (Å²) in [6.07, 6.45) is 0.809. The van der Waals surface area contributed by atoms with E-state index in [0.29, 0.717) is 24.7 Å². The molecule has 0 spiro atoms. The molecule has 2 N–H and O–H groups in total. The second kappa shape index (κ2) is 11.4. The van der Waals surface area contributed by atoms with Crippen LogP contribution in [-0.2, 0) is 0 Å². The molecule has 0 amide bonds. The summed E-state index contributed by atoms with van der Waals surface area (Å²) in [4.78, 5) is 6.62. The Morgan fingerprint density at radius 2 is 2.16 bits per heavy atom. The maximum Gasteiger partial charge on any atom is 0.193 e. The number of nitrogens with zero attached hydrogens (tertiary/aromatic N) is 2. The molecule has 0 aliphatic carbocycles. The lowest BCUT2D eigenvalue weighted by atomic mass is 10.1. The molecule has 1 fully saturated rings. The summed E-state index contributed by atoms with van der Waals surface area (Å²) in [5.74, 6) is 3.36. The van der Waals surface area contributed by atoms with Gasteiger partial charge >= 0.3 is 0 Å². The van der Waals surface area contributed by atoms with Gasteiger partial charge in [0.15, 0.2) is 5.96 Å². The summed E-state index contributed by atoms with van der Waals surface area (Å²) in [6.45, 7) is 4.50. The third-order valence-electron chi connectivity index (χ3n) is 3.81. The van der Waals surface area contributed by atoms with E-state index in [1.807, 2.05) is 43.1 Å². The lowest BCUT2D eigenvalue weighted by Gasteiger charge is -2.24. The van der Waals surface area contributed by atoms with Crippen molar-refractivity contribution in [1.29, 1.82) is 0 Å². The second-order valence-electron chi connectivity index (χ2n) is 5.92. The van der Waals surface area contributed by atoms with Gasteiger partial charge in [0.05, 0.1) is 18.7 Å². The number of aliphatic imine (C=N–C) groups is 1. The van der Waals surface area contributed by atoms with Gasteiger partial charge in [-0.25, -0.2) is 0 Å². The molecule has 1 aliphatic rings. The number of ether oxygens (including phenoxy) is 1. The van der Waals surface area contributed by atoms with Gasteiger partial charge in [0.25, 0.3) is 0 Å². The molecule has 1 aromatic rings. The predicted octanol–water partition coefficient (Wildman–Crippen LogP) is 3.10. The molecule has 5 nitrogen and oxygen atoms in total. The average molecular weight is 500 g/mol. The van der Waals surface area contributed by atoms with Crippen LogP contribution in [-0.4, -0.2) is 66.4 Å². The van der Waals surface area contributed by atoms with Crippen LogP contribution >= 0.6 is 47.3 Å². The average Bonchev–Trinajstić information content (AvgIpc) is 3.00. The highest BCUT2D eigenvalue weighted by Gasteiger charge is 2.31. The molecule has 0 saturated carbocycles. The Bertz CT molecular complexity index is 539. The van der Waals surface area contributed by atoms with Crippen molar-refractivity contribution in [1.82, 2.24) is 10.2 Å². The van der Waals surface area contributed by atoms with Crippen LogP contribution in [0.2, 0.25) is 5.02 Å². The van der Waals surface area contributed by atoms with Crippen LogP contribution in [0.15, 0.2) is 29.3 Å². The smallest absolute Gasteiger partial charge is 0.193 e. The lowest BCUT2D eigenvalue weighted by Crippen LogP contribution is -2.42. The van der Waals surface area contributed by atoms with E-state index >= 15 is 0 Å². The van der Waals surface area contributed by atoms with Gasteiger partial charge in [-0.05, 0) is 43.4 Å². The highest BCUT2D eigenvalue weighted by molar-refractivity contribution is 14.0. The molecule has 0 aromatic heterocycles. The quantitative estimate of drug-likeness (QED) is 0.343. The Labute approximate surface area is 176 Å². The van der Waals surface area contributed by atoms with E-state index in [0.717, 1.165) is 36.2 Å². The first-order chi connectivity index (χ1) is 11.5. The van der Waals surface area contributed by atoms with Gasteiger partial charge in [0, 0.05) is 24.4 Å². The molecule has 1 saturated heterocycles. The SMILES string of the molecule is CCNC(=NCC1(O)CCSC1)N(C)CCOc1ccc(Cl)cc1.I. The zero-order chi connectivity index (χ0) is 17.4. The highest BCUT2D eigenvalue weighted by atomic mass is 127. The van der Waals surface area contributed by atoms with E-state index < -0.39 is 5.60 Å². The first kappa shape index (κ1) is 22.7. The molecule has 2 rings (SSSR count). The van der Waals surface area contributed by atoms with Gasteiger partial charge < -0.3 is 20.1 Å². The minimum Gasteiger partial charge on any atom is -0.492 e. The van der Waals surface area contributed by atoms with Crippen molar-refractivity contribution < 1.29 is 9.84 Å². The number of aliphatic hydroxyl groups is 1. The Morgan fingerprint density at radius 1 is 1.44 bits per heavy atom. The highest BCUT2D eigenvalue weighted by Crippen LogP contribution is 2.27. The summed E-state index contributed by atoms with van der Waals surface area (Å²) < 4.78 is 5.72. The third-order valence-corrected chi connectivity index (χ3v) is 5.30. The van der Waals surface area contributed by atoms with E-state index in [2.05, 4.69) is 10.3 Å². The van der Waals surface area contributed by atoms with Crippen LogP contribution in [0.1, 0.15) is 13.3 Å². The van der Waals surface area contributed by atoms with E-state index in [1.54, 1.807) is 11.8 Å². The van der Waals surface area contributed by atoms with Gasteiger partial charge in [-0.3, -0.25) is 4.99 Å². The minimum absolute atomic E-state index is 0.